The van der Waals surface area contributed by atoms with Crippen molar-refractivity contribution in [2.75, 3.05) is 29.2 Å². The summed E-state index contributed by atoms with van der Waals surface area (Å²) in [6.07, 6.45) is 1.26. The lowest BCUT2D eigenvalue weighted by atomic mass is 10.1. The summed E-state index contributed by atoms with van der Waals surface area (Å²) >= 11 is 1.64. The van der Waals surface area contributed by atoms with Crippen molar-refractivity contribution in [1.29, 1.82) is 5.41 Å². The second-order valence-electron chi connectivity index (χ2n) is 4.48. The summed E-state index contributed by atoms with van der Waals surface area (Å²) in [5, 5.41) is 7.06. The number of nitrogens with zero attached hydrogens (tertiary/aromatic N) is 1. The van der Waals surface area contributed by atoms with Gasteiger partial charge < -0.3 is 10.6 Å². The van der Waals surface area contributed by atoms with E-state index in [1.165, 1.54) is 6.26 Å². The molecule has 1 atom stereocenters. The van der Waals surface area contributed by atoms with Crippen molar-refractivity contribution in [3.63, 3.8) is 0 Å². The lowest BCUT2D eigenvalue weighted by Gasteiger charge is -2.36. The number of anilines is 1. The van der Waals surface area contributed by atoms with Gasteiger partial charge in [0.05, 0.1) is 0 Å². The van der Waals surface area contributed by atoms with Crippen LogP contribution in [0.5, 0.6) is 0 Å². The van der Waals surface area contributed by atoms with Crippen molar-refractivity contribution in [3.8, 4) is 0 Å². The predicted octanol–water partition coefficient (Wildman–Crippen LogP) is 0.895. The van der Waals surface area contributed by atoms with Crippen LogP contribution in [0.25, 0.3) is 0 Å². The van der Waals surface area contributed by atoms with E-state index in [1.54, 1.807) is 23.9 Å². The van der Waals surface area contributed by atoms with E-state index in [9.17, 15) is 8.42 Å². The molecule has 1 aliphatic rings. The number of thioether (sulfide) groups is 1. The van der Waals surface area contributed by atoms with Crippen molar-refractivity contribution in [3.05, 3.63) is 29.8 Å². The average Bonchev–Trinajstić information content (AvgIpc) is 2.37. The molecule has 1 aromatic carbocycles. The van der Waals surface area contributed by atoms with Gasteiger partial charge in [0.15, 0.2) is 9.84 Å². The maximum Gasteiger partial charge on any atom is 0.169 e. The van der Waals surface area contributed by atoms with Crippen LogP contribution in [0, 0.1) is 5.41 Å². The quantitative estimate of drug-likeness (QED) is 0.639. The van der Waals surface area contributed by atoms with E-state index >= 15 is 0 Å². The third-order valence-electron chi connectivity index (χ3n) is 3.08. The van der Waals surface area contributed by atoms with E-state index < -0.39 is 15.2 Å². The number of rotatable bonds is 3. The van der Waals surface area contributed by atoms with Crippen LogP contribution in [0.1, 0.15) is 5.56 Å². The van der Waals surface area contributed by atoms with E-state index in [1.807, 2.05) is 17.0 Å². The first-order valence-electron chi connectivity index (χ1n) is 5.88. The Kier molecular flexibility index (Phi) is 4.05. The molecule has 1 saturated heterocycles. The monoisotopic (exact) mass is 299 g/mol. The maximum atomic E-state index is 11.9. The molecule has 0 saturated carbocycles. The SMILES string of the molecule is CS(=O)(=O)C1CSCCN1c1ccccc1C(=N)N. The molecule has 2 rings (SSSR count). The van der Waals surface area contributed by atoms with Crippen molar-refractivity contribution in [2.45, 2.75) is 5.37 Å². The molecule has 7 heteroatoms. The van der Waals surface area contributed by atoms with Crippen molar-refractivity contribution >= 4 is 33.1 Å². The fourth-order valence-electron chi connectivity index (χ4n) is 2.16. The van der Waals surface area contributed by atoms with Crippen LogP contribution in [-0.4, -0.2) is 43.9 Å². The first-order chi connectivity index (χ1) is 8.91. The third-order valence-corrected chi connectivity index (χ3v) is 5.73. The molecule has 5 nitrogen and oxygen atoms in total. The molecule has 0 bridgehead atoms. The van der Waals surface area contributed by atoms with Crippen LogP contribution >= 0.6 is 11.8 Å². The molecule has 0 amide bonds. The van der Waals surface area contributed by atoms with Crippen molar-refractivity contribution < 1.29 is 8.42 Å². The number of nitrogen functional groups attached to an aromatic ring is 1. The summed E-state index contributed by atoms with van der Waals surface area (Å²) in [7, 11) is -3.17. The smallest absolute Gasteiger partial charge is 0.169 e. The number of para-hydroxylation sites is 1. The number of benzene rings is 1. The zero-order valence-electron chi connectivity index (χ0n) is 10.7. The normalized spacial score (nSPS) is 20.3. The fraction of sp³-hybridized carbons (Fsp3) is 0.417. The van der Waals surface area contributed by atoms with Crippen LogP contribution in [0.2, 0.25) is 0 Å². The number of nitrogens with two attached hydrogens (primary N) is 1. The van der Waals surface area contributed by atoms with Crippen molar-refractivity contribution in [2.24, 2.45) is 5.73 Å². The summed E-state index contributed by atoms with van der Waals surface area (Å²) in [5.41, 5.74) is 6.89. The lowest BCUT2D eigenvalue weighted by molar-refractivity contribution is 0.584. The summed E-state index contributed by atoms with van der Waals surface area (Å²) in [6, 6.07) is 7.21. The first kappa shape index (κ1) is 14.2. The molecular weight excluding hydrogens is 282 g/mol. The van der Waals surface area contributed by atoms with Crippen LogP contribution in [-0.2, 0) is 9.84 Å². The van der Waals surface area contributed by atoms with Crippen LogP contribution in [0.4, 0.5) is 5.69 Å². The topological polar surface area (TPSA) is 87.2 Å². The number of hydrogen-bond acceptors (Lipinski definition) is 5. The summed E-state index contributed by atoms with van der Waals surface area (Å²) in [6.45, 7) is 0.646. The summed E-state index contributed by atoms with van der Waals surface area (Å²) in [4.78, 5) is 1.85. The number of hydrogen-bond donors (Lipinski definition) is 2. The Hall–Kier alpha value is -1.21. The summed E-state index contributed by atoms with van der Waals surface area (Å²) in [5.74, 6) is 1.38. The molecule has 1 aliphatic heterocycles. The Balaban J connectivity index is 2.46. The van der Waals surface area contributed by atoms with Gasteiger partial charge in [-0.3, -0.25) is 5.41 Å². The molecule has 1 aromatic rings. The third kappa shape index (κ3) is 3.03. The van der Waals surface area contributed by atoms with E-state index in [2.05, 4.69) is 0 Å². The minimum atomic E-state index is -3.17. The Morgan fingerprint density at radius 3 is 2.79 bits per heavy atom. The molecule has 1 unspecified atom stereocenters. The van der Waals surface area contributed by atoms with Gasteiger partial charge in [-0.15, -0.1) is 0 Å². The molecule has 1 fully saturated rings. The molecule has 0 aromatic heterocycles. The molecule has 0 radical (unpaired) electrons. The second-order valence-corrected chi connectivity index (χ2v) is 7.84. The Bertz CT molecular complexity index is 586. The van der Waals surface area contributed by atoms with E-state index in [0.717, 1.165) is 11.4 Å². The molecule has 1 heterocycles. The first-order valence-corrected chi connectivity index (χ1v) is 8.99. The number of sulfone groups is 1. The molecule has 19 heavy (non-hydrogen) atoms. The van der Waals surface area contributed by atoms with Crippen LogP contribution < -0.4 is 10.6 Å². The minimum absolute atomic E-state index is 0.0407. The van der Waals surface area contributed by atoms with Gasteiger partial charge in [-0.25, -0.2) is 8.42 Å². The van der Waals surface area contributed by atoms with E-state index in [0.29, 0.717) is 17.9 Å². The van der Waals surface area contributed by atoms with Gasteiger partial charge in [0.1, 0.15) is 11.2 Å². The average molecular weight is 299 g/mol. The highest BCUT2D eigenvalue weighted by atomic mass is 32.2. The fourth-order valence-corrected chi connectivity index (χ4v) is 5.00. The lowest BCUT2D eigenvalue weighted by Crippen LogP contribution is -2.47. The Morgan fingerprint density at radius 1 is 1.47 bits per heavy atom. The van der Waals surface area contributed by atoms with E-state index in [-0.39, 0.29) is 5.84 Å². The minimum Gasteiger partial charge on any atom is -0.384 e. The predicted molar refractivity (Wildman–Crippen MR) is 80.8 cm³/mol. The molecule has 104 valence electrons. The van der Waals surface area contributed by atoms with Gasteiger partial charge in [0.25, 0.3) is 0 Å². The van der Waals surface area contributed by atoms with Gasteiger partial charge in [-0.1, -0.05) is 12.1 Å². The van der Waals surface area contributed by atoms with E-state index in [4.69, 9.17) is 11.1 Å². The van der Waals surface area contributed by atoms with Crippen LogP contribution in [0.3, 0.4) is 0 Å². The highest BCUT2D eigenvalue weighted by Gasteiger charge is 2.32. The van der Waals surface area contributed by atoms with Gasteiger partial charge >= 0.3 is 0 Å². The molecule has 0 spiro atoms. The van der Waals surface area contributed by atoms with Gasteiger partial charge in [0, 0.05) is 35.6 Å². The highest BCUT2D eigenvalue weighted by Crippen LogP contribution is 2.29. The number of nitrogens with one attached hydrogen (secondary N) is 1. The van der Waals surface area contributed by atoms with Gasteiger partial charge in [-0.2, -0.15) is 11.8 Å². The van der Waals surface area contributed by atoms with Gasteiger partial charge in [0.2, 0.25) is 0 Å². The zero-order chi connectivity index (χ0) is 14.0. The standard InChI is InChI=1S/C12H17N3O2S2/c1-19(16,17)11-8-18-7-6-15(11)10-5-3-2-4-9(10)12(13)14/h2-5,11H,6-8H2,1H3,(H3,13,14). The van der Waals surface area contributed by atoms with Crippen molar-refractivity contribution in [1.82, 2.24) is 0 Å². The summed E-state index contributed by atoms with van der Waals surface area (Å²) < 4.78 is 23.8. The molecule has 0 aliphatic carbocycles. The van der Waals surface area contributed by atoms with Crippen LogP contribution in [0.15, 0.2) is 24.3 Å². The zero-order valence-corrected chi connectivity index (χ0v) is 12.3. The molecule has 3 N–H and O–H groups in total. The van der Waals surface area contributed by atoms with Gasteiger partial charge in [-0.05, 0) is 12.1 Å². The maximum absolute atomic E-state index is 11.9. The number of amidine groups is 1. The highest BCUT2D eigenvalue weighted by molar-refractivity contribution is 8.01. The molecular formula is C12H17N3O2S2. The Morgan fingerprint density at radius 2 is 2.16 bits per heavy atom. The second kappa shape index (κ2) is 5.42. The largest absolute Gasteiger partial charge is 0.384 e. The Labute approximate surface area is 117 Å².